The number of anilines is 1. The van der Waals surface area contributed by atoms with Crippen molar-refractivity contribution in [3.8, 4) is 5.75 Å². The highest BCUT2D eigenvalue weighted by Gasteiger charge is 2.71. The van der Waals surface area contributed by atoms with Crippen LogP contribution < -0.4 is 10.1 Å². The highest BCUT2D eigenvalue weighted by atomic mass is 35.5. The highest BCUT2D eigenvalue weighted by molar-refractivity contribution is 6.34. The van der Waals surface area contributed by atoms with E-state index >= 15 is 0 Å². The molecule has 41 heavy (non-hydrogen) atoms. The van der Waals surface area contributed by atoms with Gasteiger partial charge in [0.15, 0.2) is 11.6 Å². The summed E-state index contributed by atoms with van der Waals surface area (Å²) in [5.74, 6) is -1.70. The number of fused-ring (bicyclic) bond motifs is 6. The molecule has 0 bridgehead atoms. The normalized spacial score (nSPS) is 23.5. The highest BCUT2D eigenvalue weighted by Crippen LogP contribution is 2.62. The molecule has 1 N–H and O–H groups in total. The lowest BCUT2D eigenvalue weighted by Crippen LogP contribution is -2.49. The maximum absolute atomic E-state index is 14.8. The van der Waals surface area contributed by atoms with Crippen LogP contribution in [0.25, 0.3) is 6.08 Å². The van der Waals surface area contributed by atoms with Crippen LogP contribution in [-0.4, -0.2) is 35.5 Å². The molecule has 4 aromatic rings. The first-order valence-electron chi connectivity index (χ1n) is 13.4. The van der Waals surface area contributed by atoms with Crippen molar-refractivity contribution >= 4 is 40.8 Å². The minimum absolute atomic E-state index is 0.267. The van der Waals surface area contributed by atoms with Gasteiger partial charge < -0.3 is 15.0 Å². The second-order valence-corrected chi connectivity index (χ2v) is 10.9. The number of benzene rings is 4. The molecule has 3 aliphatic rings. The number of carbonyl (C=O) groups excluding carboxylic acids is 3. The number of Topliss-reactive ketones (excluding diaryl/α,β-unsaturated/α-hetero) is 2. The first-order chi connectivity index (χ1) is 20.0. The molecule has 4 atom stereocenters. The molecule has 4 aromatic carbocycles. The number of nitrogens with zero attached hydrogens (tertiary/aromatic N) is 1. The third kappa shape index (κ3) is 3.47. The topological polar surface area (TPSA) is 75.7 Å². The van der Waals surface area contributed by atoms with Crippen LogP contribution in [0, 0.1) is 5.92 Å². The molecule has 202 valence electrons. The first-order valence-corrected chi connectivity index (χ1v) is 13.8. The lowest BCUT2D eigenvalue weighted by molar-refractivity contribution is -0.122. The first kappa shape index (κ1) is 25.3. The van der Waals surface area contributed by atoms with Gasteiger partial charge in [-0.2, -0.15) is 0 Å². The third-order valence-corrected chi connectivity index (χ3v) is 8.96. The predicted octanol–water partition coefficient (Wildman–Crippen LogP) is 6.33. The maximum Gasteiger partial charge on any atom is 0.238 e. The molecule has 0 saturated carbocycles. The van der Waals surface area contributed by atoms with Gasteiger partial charge in [0.2, 0.25) is 5.91 Å². The molecule has 0 radical (unpaired) electrons. The summed E-state index contributed by atoms with van der Waals surface area (Å²) in [5.41, 5.74) is 2.31. The zero-order chi connectivity index (χ0) is 28.3. The van der Waals surface area contributed by atoms with Gasteiger partial charge in [-0.25, -0.2) is 0 Å². The van der Waals surface area contributed by atoms with E-state index in [1.54, 1.807) is 48.5 Å². The number of methoxy groups -OCH3 is 1. The number of para-hydroxylation sites is 2. The van der Waals surface area contributed by atoms with Gasteiger partial charge in [-0.15, -0.1) is 0 Å². The summed E-state index contributed by atoms with van der Waals surface area (Å²) in [6.07, 6.45) is 3.78. The molecule has 7 rings (SSSR count). The molecular formula is C34H25ClN2O4. The van der Waals surface area contributed by atoms with Crippen LogP contribution in [0.5, 0.6) is 5.75 Å². The fraction of sp³-hybridized carbons (Fsp3) is 0.147. The predicted molar refractivity (Wildman–Crippen MR) is 157 cm³/mol. The molecule has 3 heterocycles. The zero-order valence-electron chi connectivity index (χ0n) is 22.1. The smallest absolute Gasteiger partial charge is 0.238 e. The van der Waals surface area contributed by atoms with E-state index in [1.807, 2.05) is 65.7 Å². The lowest BCUT2D eigenvalue weighted by atomic mass is 9.62. The Morgan fingerprint density at radius 3 is 2.34 bits per heavy atom. The van der Waals surface area contributed by atoms with Gasteiger partial charge in [0.1, 0.15) is 17.2 Å². The summed E-state index contributed by atoms with van der Waals surface area (Å²) in [7, 11) is 1.51. The third-order valence-electron chi connectivity index (χ3n) is 8.63. The Bertz CT molecular complexity index is 1780. The van der Waals surface area contributed by atoms with Crippen LogP contribution >= 0.6 is 11.6 Å². The van der Waals surface area contributed by atoms with E-state index in [9.17, 15) is 14.4 Å². The number of hydrogen-bond donors (Lipinski definition) is 1. The van der Waals surface area contributed by atoms with E-state index in [2.05, 4.69) is 5.32 Å². The monoisotopic (exact) mass is 560 g/mol. The van der Waals surface area contributed by atoms with E-state index in [-0.39, 0.29) is 28.1 Å². The number of amides is 1. The molecular weight excluding hydrogens is 536 g/mol. The van der Waals surface area contributed by atoms with E-state index in [0.717, 1.165) is 11.1 Å². The van der Waals surface area contributed by atoms with Gasteiger partial charge in [0.05, 0.1) is 29.7 Å². The minimum Gasteiger partial charge on any atom is -0.496 e. The Morgan fingerprint density at radius 2 is 1.54 bits per heavy atom. The summed E-state index contributed by atoms with van der Waals surface area (Å²) >= 11 is 6.60. The van der Waals surface area contributed by atoms with Crippen molar-refractivity contribution in [1.82, 2.24) is 4.90 Å². The number of nitrogens with one attached hydrogen (secondary N) is 1. The van der Waals surface area contributed by atoms with E-state index < -0.39 is 23.4 Å². The summed E-state index contributed by atoms with van der Waals surface area (Å²) < 4.78 is 5.57. The largest absolute Gasteiger partial charge is 0.496 e. The molecule has 1 fully saturated rings. The van der Waals surface area contributed by atoms with Crippen LogP contribution in [0.1, 0.15) is 43.4 Å². The standard InChI is InChI=1S/C34H25ClN2O4/c1-41-27-17-9-5-13-23(27)31(39)29-28(30(38)22-12-4-7-15-25(22)35)34(24-14-6-8-16-26(24)36-33(34)40)32-21-11-3-2-10-20(21)18-19-37(29)32/h2-19,28-29,32H,1H3,(H,36,40). The number of carbonyl (C=O) groups is 3. The van der Waals surface area contributed by atoms with Crippen molar-refractivity contribution in [2.45, 2.75) is 17.5 Å². The van der Waals surface area contributed by atoms with Crippen molar-refractivity contribution in [1.29, 1.82) is 0 Å². The van der Waals surface area contributed by atoms with Crippen molar-refractivity contribution in [2.24, 2.45) is 5.92 Å². The Hall–Kier alpha value is -4.68. The molecule has 1 saturated heterocycles. The van der Waals surface area contributed by atoms with E-state index in [4.69, 9.17) is 16.3 Å². The Kier molecular flexibility index (Phi) is 5.84. The van der Waals surface area contributed by atoms with Crippen LogP contribution in [0.15, 0.2) is 103 Å². The summed E-state index contributed by atoms with van der Waals surface area (Å²) in [5, 5.41) is 3.32. The van der Waals surface area contributed by atoms with Crippen LogP contribution in [-0.2, 0) is 10.2 Å². The molecule has 7 heteroatoms. The Labute approximate surface area is 242 Å². The lowest BCUT2D eigenvalue weighted by Gasteiger charge is -2.38. The van der Waals surface area contributed by atoms with Crippen LogP contribution in [0.2, 0.25) is 5.02 Å². The van der Waals surface area contributed by atoms with Crippen molar-refractivity contribution in [2.75, 3.05) is 12.4 Å². The SMILES string of the molecule is COc1ccccc1C(=O)C1C(C(=O)c2ccccc2Cl)C2(C(=O)Nc3ccccc32)C2c3ccccc3C=CN12. The van der Waals surface area contributed by atoms with E-state index in [0.29, 0.717) is 22.6 Å². The Balaban J connectivity index is 1.56. The number of ether oxygens (including phenoxy) is 1. The van der Waals surface area contributed by atoms with Gasteiger partial charge >= 0.3 is 0 Å². The summed E-state index contributed by atoms with van der Waals surface area (Å²) in [6, 6.07) is 27.4. The molecule has 1 spiro atoms. The molecule has 0 aromatic heterocycles. The average molecular weight is 561 g/mol. The summed E-state index contributed by atoms with van der Waals surface area (Å²) in [4.78, 5) is 45.9. The quantitative estimate of drug-likeness (QED) is 0.289. The second-order valence-electron chi connectivity index (χ2n) is 10.5. The minimum atomic E-state index is -1.42. The molecule has 6 nitrogen and oxygen atoms in total. The molecule has 4 unspecified atom stereocenters. The fourth-order valence-electron chi connectivity index (χ4n) is 7.00. The van der Waals surface area contributed by atoms with Gasteiger partial charge in [0, 0.05) is 17.5 Å². The van der Waals surface area contributed by atoms with Gasteiger partial charge in [-0.05, 0) is 53.1 Å². The zero-order valence-corrected chi connectivity index (χ0v) is 22.8. The van der Waals surface area contributed by atoms with Crippen molar-refractivity contribution < 1.29 is 19.1 Å². The number of halogens is 1. The van der Waals surface area contributed by atoms with Crippen molar-refractivity contribution in [3.63, 3.8) is 0 Å². The molecule has 3 aliphatic heterocycles. The van der Waals surface area contributed by atoms with Crippen molar-refractivity contribution in [3.05, 3.63) is 136 Å². The maximum atomic E-state index is 14.8. The van der Waals surface area contributed by atoms with Gasteiger partial charge in [-0.1, -0.05) is 78.3 Å². The molecule has 0 aliphatic carbocycles. The van der Waals surface area contributed by atoms with Crippen LogP contribution in [0.4, 0.5) is 5.69 Å². The number of hydrogen-bond acceptors (Lipinski definition) is 5. The summed E-state index contributed by atoms with van der Waals surface area (Å²) in [6.45, 7) is 0. The second kappa shape index (κ2) is 9.46. The number of rotatable bonds is 5. The van der Waals surface area contributed by atoms with Gasteiger partial charge in [0.25, 0.3) is 0 Å². The molecule has 1 amide bonds. The van der Waals surface area contributed by atoms with Gasteiger partial charge in [-0.3, -0.25) is 14.4 Å². The number of ketones is 2. The Morgan fingerprint density at radius 1 is 0.854 bits per heavy atom. The van der Waals surface area contributed by atoms with Crippen LogP contribution in [0.3, 0.4) is 0 Å². The fourth-order valence-corrected chi connectivity index (χ4v) is 7.23. The van der Waals surface area contributed by atoms with E-state index in [1.165, 1.54) is 7.11 Å². The average Bonchev–Trinajstić information content (AvgIpc) is 3.49.